The predicted octanol–water partition coefficient (Wildman–Crippen LogP) is 2.70. The van der Waals surface area contributed by atoms with Crippen molar-refractivity contribution < 1.29 is 4.79 Å². The quantitative estimate of drug-likeness (QED) is 0.619. The van der Waals surface area contributed by atoms with Crippen molar-refractivity contribution in [2.24, 2.45) is 0 Å². The molecule has 1 aromatic carbocycles. The van der Waals surface area contributed by atoms with Crippen molar-refractivity contribution in [1.29, 1.82) is 5.26 Å². The summed E-state index contributed by atoms with van der Waals surface area (Å²) in [4.78, 5) is 11.3. The Labute approximate surface area is 90.7 Å². The van der Waals surface area contributed by atoms with Crippen LogP contribution in [0.1, 0.15) is 22.3 Å². The van der Waals surface area contributed by atoms with Crippen LogP contribution >= 0.6 is 22.6 Å². The Bertz CT molecular complexity index is 379. The summed E-state index contributed by atoms with van der Waals surface area (Å²) in [5.41, 5.74) is 1.70. The first-order chi connectivity index (χ1) is 6.15. The largest absolute Gasteiger partial charge is 0.293 e. The number of carbonyl (C=O) groups is 1. The highest BCUT2D eigenvalue weighted by molar-refractivity contribution is 14.1. The molecule has 0 heterocycles. The fraction of sp³-hybridized carbons (Fsp3) is 0.200. The smallest absolute Gasteiger partial charge is 0.176 e. The van der Waals surface area contributed by atoms with Gasteiger partial charge in [-0.3, -0.25) is 4.79 Å². The Morgan fingerprint density at radius 2 is 2.31 bits per heavy atom. The van der Waals surface area contributed by atoms with Crippen LogP contribution in [-0.2, 0) is 0 Å². The van der Waals surface area contributed by atoms with Crippen LogP contribution in [0.25, 0.3) is 0 Å². The summed E-state index contributed by atoms with van der Waals surface area (Å²) in [7, 11) is 0. The summed E-state index contributed by atoms with van der Waals surface area (Å²) in [6, 6.07) is 7.32. The maximum absolute atomic E-state index is 11.3. The van der Waals surface area contributed by atoms with Crippen LogP contribution in [0.3, 0.4) is 0 Å². The van der Waals surface area contributed by atoms with Crippen molar-refractivity contribution in [3.05, 3.63) is 32.9 Å². The predicted molar refractivity (Wildman–Crippen MR) is 58.5 cm³/mol. The number of benzene rings is 1. The molecule has 0 saturated heterocycles. The highest BCUT2D eigenvalue weighted by Crippen LogP contribution is 2.14. The minimum absolute atomic E-state index is 0.0416. The van der Waals surface area contributed by atoms with Crippen LogP contribution < -0.4 is 0 Å². The Morgan fingerprint density at radius 1 is 1.62 bits per heavy atom. The number of rotatable bonds is 2. The maximum atomic E-state index is 11.3. The van der Waals surface area contributed by atoms with Crippen molar-refractivity contribution in [3.8, 4) is 6.07 Å². The fourth-order valence-corrected chi connectivity index (χ4v) is 1.33. The van der Waals surface area contributed by atoms with Gasteiger partial charge in [-0.1, -0.05) is 6.07 Å². The first kappa shape index (κ1) is 10.2. The second-order valence-corrected chi connectivity index (χ2v) is 3.88. The minimum atomic E-state index is -0.109. The van der Waals surface area contributed by atoms with Crippen molar-refractivity contribution in [3.63, 3.8) is 0 Å². The Balaban J connectivity index is 2.98. The molecular weight excluding hydrogens is 277 g/mol. The monoisotopic (exact) mass is 285 g/mol. The average Bonchev–Trinajstić information content (AvgIpc) is 2.10. The second-order valence-electron chi connectivity index (χ2n) is 2.72. The Kier molecular flexibility index (Phi) is 3.43. The van der Waals surface area contributed by atoms with Gasteiger partial charge in [0, 0.05) is 9.13 Å². The summed E-state index contributed by atoms with van der Waals surface area (Å²) in [5.74, 6) is -0.109. The molecule has 0 fully saturated rings. The summed E-state index contributed by atoms with van der Waals surface area (Å²) in [6.45, 7) is 1.95. The molecule has 0 aliphatic rings. The van der Waals surface area contributed by atoms with Crippen molar-refractivity contribution >= 4 is 28.4 Å². The first-order valence-corrected chi connectivity index (χ1v) is 4.89. The van der Waals surface area contributed by atoms with Crippen LogP contribution in [0.2, 0.25) is 0 Å². The van der Waals surface area contributed by atoms with E-state index in [-0.39, 0.29) is 12.2 Å². The molecule has 66 valence electrons. The van der Waals surface area contributed by atoms with Gasteiger partial charge in [0.1, 0.15) is 0 Å². The van der Waals surface area contributed by atoms with E-state index in [1.54, 1.807) is 6.07 Å². The molecule has 2 nitrogen and oxygen atoms in total. The van der Waals surface area contributed by atoms with Crippen LogP contribution in [-0.4, -0.2) is 5.78 Å². The molecule has 0 atom stereocenters. The molecule has 0 N–H and O–H groups in total. The molecule has 0 aliphatic carbocycles. The van der Waals surface area contributed by atoms with Gasteiger partial charge in [0.2, 0.25) is 0 Å². The number of hydrogen-bond acceptors (Lipinski definition) is 2. The van der Waals surface area contributed by atoms with Crippen LogP contribution in [0.15, 0.2) is 18.2 Å². The summed E-state index contributed by atoms with van der Waals surface area (Å²) in [6.07, 6.45) is -0.0416. The molecule has 0 amide bonds. The normalized spacial score (nSPS) is 9.31. The Hall–Kier alpha value is -0.890. The lowest BCUT2D eigenvalue weighted by Crippen LogP contribution is -1.98. The standard InChI is InChI=1S/C10H8INO/c1-7-6-8(2-3-9(7)11)10(13)4-5-12/h2-3,6H,4H2,1H3. The number of halogens is 1. The first-order valence-electron chi connectivity index (χ1n) is 3.81. The van der Waals surface area contributed by atoms with Crippen molar-refractivity contribution in [2.75, 3.05) is 0 Å². The van der Waals surface area contributed by atoms with E-state index in [0.29, 0.717) is 5.56 Å². The van der Waals surface area contributed by atoms with Gasteiger partial charge in [-0.2, -0.15) is 5.26 Å². The molecule has 0 bridgehead atoms. The second kappa shape index (κ2) is 4.38. The zero-order chi connectivity index (χ0) is 9.84. The summed E-state index contributed by atoms with van der Waals surface area (Å²) in [5, 5.41) is 8.35. The molecule has 0 aromatic heterocycles. The van der Waals surface area contributed by atoms with E-state index < -0.39 is 0 Å². The SMILES string of the molecule is Cc1cc(C(=O)CC#N)ccc1I. The molecule has 3 heteroatoms. The number of ketones is 1. The topological polar surface area (TPSA) is 40.9 Å². The zero-order valence-electron chi connectivity index (χ0n) is 7.17. The van der Waals surface area contributed by atoms with Gasteiger partial charge < -0.3 is 0 Å². The molecule has 0 aliphatic heterocycles. The number of aryl methyl sites for hydroxylation is 1. The lowest BCUT2D eigenvalue weighted by molar-refractivity contribution is 0.0997. The van der Waals surface area contributed by atoms with Crippen LogP contribution in [0, 0.1) is 21.8 Å². The van der Waals surface area contributed by atoms with Gasteiger partial charge >= 0.3 is 0 Å². The fourth-order valence-electron chi connectivity index (χ4n) is 0.992. The zero-order valence-corrected chi connectivity index (χ0v) is 9.33. The van der Waals surface area contributed by atoms with Crippen LogP contribution in [0.4, 0.5) is 0 Å². The third-order valence-electron chi connectivity index (χ3n) is 1.72. The summed E-state index contributed by atoms with van der Waals surface area (Å²) < 4.78 is 1.13. The molecule has 0 radical (unpaired) electrons. The van der Waals surface area contributed by atoms with Crippen LogP contribution in [0.5, 0.6) is 0 Å². The third kappa shape index (κ3) is 2.52. The molecule has 13 heavy (non-hydrogen) atoms. The van der Waals surface area contributed by atoms with E-state index >= 15 is 0 Å². The molecule has 1 aromatic rings. The van der Waals surface area contributed by atoms with Gasteiger partial charge in [0.15, 0.2) is 5.78 Å². The average molecular weight is 285 g/mol. The molecule has 0 saturated carbocycles. The number of nitriles is 1. The highest BCUT2D eigenvalue weighted by Gasteiger charge is 2.05. The van der Waals surface area contributed by atoms with E-state index in [9.17, 15) is 4.79 Å². The van der Waals surface area contributed by atoms with E-state index in [0.717, 1.165) is 9.13 Å². The molecule has 1 rings (SSSR count). The van der Waals surface area contributed by atoms with E-state index in [2.05, 4.69) is 22.6 Å². The number of Topliss-reactive ketones (excluding diaryl/α,β-unsaturated/α-hetero) is 1. The van der Waals surface area contributed by atoms with Gasteiger partial charge in [-0.05, 0) is 47.2 Å². The third-order valence-corrected chi connectivity index (χ3v) is 2.93. The van der Waals surface area contributed by atoms with Gasteiger partial charge in [0.05, 0.1) is 12.5 Å². The highest BCUT2D eigenvalue weighted by atomic mass is 127. The number of carbonyl (C=O) groups excluding carboxylic acids is 1. The number of hydrogen-bond donors (Lipinski definition) is 0. The lowest BCUT2D eigenvalue weighted by atomic mass is 10.1. The van der Waals surface area contributed by atoms with E-state index in [1.165, 1.54) is 0 Å². The minimum Gasteiger partial charge on any atom is -0.293 e. The molecule has 0 unspecified atom stereocenters. The molecular formula is C10H8INO. The van der Waals surface area contributed by atoms with Crippen molar-refractivity contribution in [2.45, 2.75) is 13.3 Å². The molecule has 0 spiro atoms. The summed E-state index contributed by atoms with van der Waals surface area (Å²) >= 11 is 2.21. The van der Waals surface area contributed by atoms with E-state index in [1.807, 2.05) is 25.1 Å². The number of nitrogens with zero attached hydrogens (tertiary/aromatic N) is 1. The maximum Gasteiger partial charge on any atom is 0.176 e. The van der Waals surface area contributed by atoms with Gasteiger partial charge in [-0.25, -0.2) is 0 Å². The van der Waals surface area contributed by atoms with Crippen molar-refractivity contribution in [1.82, 2.24) is 0 Å². The van der Waals surface area contributed by atoms with Gasteiger partial charge in [-0.15, -0.1) is 0 Å². The van der Waals surface area contributed by atoms with Gasteiger partial charge in [0.25, 0.3) is 0 Å². The lowest BCUT2D eigenvalue weighted by Gasteiger charge is -2.00. The Morgan fingerprint density at radius 3 is 2.85 bits per heavy atom. The van der Waals surface area contributed by atoms with E-state index in [4.69, 9.17) is 5.26 Å².